The number of nitrogens with two attached hydrogens (primary N) is 1. The van der Waals surface area contributed by atoms with E-state index in [2.05, 4.69) is 41.9 Å². The molecule has 1 unspecified atom stereocenters. The second-order valence-corrected chi connectivity index (χ2v) is 5.43. The maximum atomic E-state index is 5.89. The molecule has 3 heteroatoms. The first-order valence-electron chi connectivity index (χ1n) is 5.80. The summed E-state index contributed by atoms with van der Waals surface area (Å²) >= 11 is 1.80. The van der Waals surface area contributed by atoms with Crippen LogP contribution in [0.3, 0.4) is 0 Å². The van der Waals surface area contributed by atoms with Gasteiger partial charge in [-0.25, -0.2) is 0 Å². The Bertz CT molecular complexity index is 477. The first kappa shape index (κ1) is 12.0. The second kappa shape index (κ2) is 5.23. The van der Waals surface area contributed by atoms with Crippen LogP contribution in [0.1, 0.15) is 17.4 Å². The molecule has 0 aliphatic carbocycles. The summed E-state index contributed by atoms with van der Waals surface area (Å²) in [6.07, 6.45) is 1.05. The van der Waals surface area contributed by atoms with Gasteiger partial charge in [-0.2, -0.15) is 0 Å². The Labute approximate surface area is 106 Å². The summed E-state index contributed by atoms with van der Waals surface area (Å²) < 4.78 is 0. The summed E-state index contributed by atoms with van der Waals surface area (Å²) in [5, 5.41) is 5.59. The highest BCUT2D eigenvalue weighted by Crippen LogP contribution is 2.19. The number of anilines is 2. The quantitative estimate of drug-likeness (QED) is 0.808. The topological polar surface area (TPSA) is 38.0 Å². The summed E-state index contributed by atoms with van der Waals surface area (Å²) in [6, 6.07) is 10.8. The standard InChI is InChI=1S/C14H18N2S/c1-10-5-6-12(9-14(10)15)16-11(2)8-13-4-3-7-17-13/h3-7,9,11,16H,8,15H2,1-2H3. The van der Waals surface area contributed by atoms with Gasteiger partial charge in [-0.15, -0.1) is 11.3 Å². The molecule has 1 heterocycles. The third-order valence-electron chi connectivity index (χ3n) is 2.78. The molecule has 0 radical (unpaired) electrons. The van der Waals surface area contributed by atoms with Gasteiger partial charge < -0.3 is 11.1 Å². The number of rotatable bonds is 4. The van der Waals surface area contributed by atoms with Crippen LogP contribution in [-0.2, 0) is 6.42 Å². The van der Waals surface area contributed by atoms with Gasteiger partial charge in [-0.05, 0) is 43.0 Å². The monoisotopic (exact) mass is 246 g/mol. The van der Waals surface area contributed by atoms with Gasteiger partial charge in [0, 0.05) is 28.7 Å². The lowest BCUT2D eigenvalue weighted by Crippen LogP contribution is -2.17. The van der Waals surface area contributed by atoms with Crippen LogP contribution in [0.4, 0.5) is 11.4 Å². The van der Waals surface area contributed by atoms with Gasteiger partial charge in [0.15, 0.2) is 0 Å². The molecule has 90 valence electrons. The summed E-state index contributed by atoms with van der Waals surface area (Å²) in [5.74, 6) is 0. The number of nitrogens with one attached hydrogen (secondary N) is 1. The highest BCUT2D eigenvalue weighted by molar-refractivity contribution is 7.09. The lowest BCUT2D eigenvalue weighted by atomic mass is 10.1. The molecule has 3 N–H and O–H groups in total. The van der Waals surface area contributed by atoms with Gasteiger partial charge in [-0.1, -0.05) is 12.1 Å². The molecule has 0 spiro atoms. The van der Waals surface area contributed by atoms with Gasteiger partial charge in [0.25, 0.3) is 0 Å². The van der Waals surface area contributed by atoms with Crippen molar-refractivity contribution in [2.45, 2.75) is 26.3 Å². The minimum absolute atomic E-state index is 0.413. The maximum Gasteiger partial charge on any atom is 0.0364 e. The number of thiophene rings is 1. The Kier molecular flexibility index (Phi) is 3.69. The molecule has 17 heavy (non-hydrogen) atoms. The lowest BCUT2D eigenvalue weighted by molar-refractivity contribution is 0.800. The van der Waals surface area contributed by atoms with E-state index in [1.165, 1.54) is 4.88 Å². The minimum atomic E-state index is 0.413. The molecule has 1 atom stereocenters. The first-order chi connectivity index (χ1) is 8.15. The summed E-state index contributed by atoms with van der Waals surface area (Å²) in [4.78, 5) is 1.41. The fourth-order valence-electron chi connectivity index (χ4n) is 1.80. The molecular weight excluding hydrogens is 228 g/mol. The Morgan fingerprint density at radius 3 is 2.82 bits per heavy atom. The van der Waals surface area contributed by atoms with E-state index in [0.29, 0.717) is 6.04 Å². The van der Waals surface area contributed by atoms with E-state index >= 15 is 0 Å². The molecule has 2 aromatic rings. The van der Waals surface area contributed by atoms with E-state index in [1.807, 2.05) is 13.0 Å². The molecule has 2 nitrogen and oxygen atoms in total. The van der Waals surface area contributed by atoms with E-state index in [4.69, 9.17) is 5.73 Å². The fourth-order valence-corrected chi connectivity index (χ4v) is 2.63. The molecular formula is C14H18N2S. The Hall–Kier alpha value is -1.48. The molecule has 0 aliphatic rings. The van der Waals surface area contributed by atoms with Gasteiger partial charge in [-0.3, -0.25) is 0 Å². The number of hydrogen-bond acceptors (Lipinski definition) is 3. The average Bonchev–Trinajstić information content (AvgIpc) is 2.76. The highest BCUT2D eigenvalue weighted by atomic mass is 32.1. The third kappa shape index (κ3) is 3.24. The Balaban J connectivity index is 1.98. The van der Waals surface area contributed by atoms with E-state index in [0.717, 1.165) is 23.4 Å². The van der Waals surface area contributed by atoms with Crippen molar-refractivity contribution >= 4 is 22.7 Å². The molecule has 2 rings (SSSR count). The average molecular weight is 246 g/mol. The van der Waals surface area contributed by atoms with Crippen molar-refractivity contribution in [1.82, 2.24) is 0 Å². The van der Waals surface area contributed by atoms with Gasteiger partial charge >= 0.3 is 0 Å². The Morgan fingerprint density at radius 2 is 2.18 bits per heavy atom. The van der Waals surface area contributed by atoms with E-state index in [1.54, 1.807) is 11.3 Å². The zero-order valence-electron chi connectivity index (χ0n) is 10.2. The van der Waals surface area contributed by atoms with Crippen molar-refractivity contribution < 1.29 is 0 Å². The molecule has 0 fully saturated rings. The normalized spacial score (nSPS) is 12.4. The molecule has 0 saturated heterocycles. The van der Waals surface area contributed by atoms with Crippen LogP contribution in [0.15, 0.2) is 35.7 Å². The second-order valence-electron chi connectivity index (χ2n) is 4.40. The predicted octanol–water partition coefficient (Wildman–Crippen LogP) is 3.68. The largest absolute Gasteiger partial charge is 0.398 e. The molecule has 0 saturated carbocycles. The van der Waals surface area contributed by atoms with Crippen molar-refractivity contribution in [3.63, 3.8) is 0 Å². The molecule has 0 bridgehead atoms. The zero-order valence-corrected chi connectivity index (χ0v) is 11.1. The van der Waals surface area contributed by atoms with Gasteiger partial charge in [0.05, 0.1) is 0 Å². The van der Waals surface area contributed by atoms with Crippen molar-refractivity contribution in [1.29, 1.82) is 0 Å². The van der Waals surface area contributed by atoms with Crippen molar-refractivity contribution in [2.75, 3.05) is 11.1 Å². The molecule has 1 aromatic heterocycles. The molecule has 1 aromatic carbocycles. The van der Waals surface area contributed by atoms with Crippen LogP contribution in [0.25, 0.3) is 0 Å². The van der Waals surface area contributed by atoms with Crippen LogP contribution < -0.4 is 11.1 Å². The van der Waals surface area contributed by atoms with Crippen molar-refractivity contribution in [2.24, 2.45) is 0 Å². The van der Waals surface area contributed by atoms with Crippen LogP contribution in [0.5, 0.6) is 0 Å². The summed E-state index contributed by atoms with van der Waals surface area (Å²) in [5.41, 5.74) is 8.96. The van der Waals surface area contributed by atoms with Gasteiger partial charge in [0.1, 0.15) is 0 Å². The van der Waals surface area contributed by atoms with Crippen LogP contribution in [0.2, 0.25) is 0 Å². The highest BCUT2D eigenvalue weighted by Gasteiger charge is 2.05. The van der Waals surface area contributed by atoms with Gasteiger partial charge in [0.2, 0.25) is 0 Å². The van der Waals surface area contributed by atoms with Crippen LogP contribution in [0, 0.1) is 6.92 Å². The minimum Gasteiger partial charge on any atom is -0.398 e. The third-order valence-corrected chi connectivity index (χ3v) is 3.68. The number of aryl methyl sites for hydroxylation is 1. The zero-order chi connectivity index (χ0) is 12.3. The van der Waals surface area contributed by atoms with E-state index < -0.39 is 0 Å². The van der Waals surface area contributed by atoms with Crippen molar-refractivity contribution in [3.05, 3.63) is 46.2 Å². The Morgan fingerprint density at radius 1 is 1.35 bits per heavy atom. The van der Waals surface area contributed by atoms with Crippen LogP contribution >= 0.6 is 11.3 Å². The molecule has 0 aliphatic heterocycles. The van der Waals surface area contributed by atoms with E-state index in [9.17, 15) is 0 Å². The fraction of sp³-hybridized carbons (Fsp3) is 0.286. The molecule has 0 amide bonds. The lowest BCUT2D eigenvalue weighted by Gasteiger charge is -2.15. The summed E-state index contributed by atoms with van der Waals surface area (Å²) in [6.45, 7) is 4.21. The predicted molar refractivity (Wildman–Crippen MR) is 76.7 cm³/mol. The number of benzene rings is 1. The SMILES string of the molecule is Cc1ccc(NC(C)Cc2cccs2)cc1N. The van der Waals surface area contributed by atoms with Crippen molar-refractivity contribution in [3.8, 4) is 0 Å². The maximum absolute atomic E-state index is 5.89. The number of nitrogen functional groups attached to an aromatic ring is 1. The summed E-state index contributed by atoms with van der Waals surface area (Å²) in [7, 11) is 0. The van der Waals surface area contributed by atoms with E-state index in [-0.39, 0.29) is 0 Å². The number of hydrogen-bond donors (Lipinski definition) is 2. The van der Waals surface area contributed by atoms with Crippen LogP contribution in [-0.4, -0.2) is 6.04 Å². The smallest absolute Gasteiger partial charge is 0.0364 e. The first-order valence-corrected chi connectivity index (χ1v) is 6.68.